The maximum atomic E-state index is 12.9. The number of ether oxygens (including phenoxy) is 2. The second-order valence-electron chi connectivity index (χ2n) is 5.52. The van der Waals surface area contributed by atoms with Gasteiger partial charge in [-0.05, 0) is 37.6 Å². The fraction of sp³-hybridized carbons (Fsp3) is 0.600. The van der Waals surface area contributed by atoms with Gasteiger partial charge in [-0.25, -0.2) is 0 Å². The SMILES string of the molecule is CC1OCCOC(C)C1c1cc(C(F)(F)F)cc(C(F)(F)F)c1. The molecule has 1 aromatic carbocycles. The molecule has 0 N–H and O–H groups in total. The Balaban J connectivity index is 2.56. The molecule has 23 heavy (non-hydrogen) atoms. The molecule has 2 unspecified atom stereocenters. The van der Waals surface area contributed by atoms with Gasteiger partial charge in [0.25, 0.3) is 0 Å². The molecule has 2 rings (SSSR count). The van der Waals surface area contributed by atoms with E-state index in [1.807, 2.05) is 0 Å². The Bertz CT molecular complexity index is 508. The quantitative estimate of drug-likeness (QED) is 0.693. The van der Waals surface area contributed by atoms with Crippen LogP contribution in [-0.2, 0) is 21.8 Å². The van der Waals surface area contributed by atoms with Crippen molar-refractivity contribution in [1.29, 1.82) is 0 Å². The number of alkyl halides is 6. The summed E-state index contributed by atoms with van der Waals surface area (Å²) < 4.78 is 88.5. The zero-order valence-corrected chi connectivity index (χ0v) is 12.5. The highest BCUT2D eigenvalue weighted by Crippen LogP contribution is 2.39. The van der Waals surface area contributed by atoms with Gasteiger partial charge in [-0.3, -0.25) is 0 Å². The molecular formula is C15H16F6O2. The van der Waals surface area contributed by atoms with Crippen LogP contribution >= 0.6 is 0 Å². The number of hydrogen-bond donors (Lipinski definition) is 0. The standard InChI is InChI=1S/C15H16F6O2/c1-8-13(9(2)23-4-3-22-8)10-5-11(14(16,17)18)7-12(6-10)15(19,20)21/h5-9,13H,3-4H2,1-2H3. The molecule has 0 amide bonds. The molecule has 1 aromatic rings. The van der Waals surface area contributed by atoms with Gasteiger partial charge in [0, 0.05) is 5.92 Å². The maximum absolute atomic E-state index is 12.9. The molecule has 8 heteroatoms. The zero-order chi connectivity index (χ0) is 17.4. The van der Waals surface area contributed by atoms with Crippen LogP contribution in [0.4, 0.5) is 26.3 Å². The van der Waals surface area contributed by atoms with E-state index < -0.39 is 41.6 Å². The minimum atomic E-state index is -4.87. The van der Waals surface area contributed by atoms with Crippen molar-refractivity contribution in [2.75, 3.05) is 13.2 Å². The van der Waals surface area contributed by atoms with E-state index >= 15 is 0 Å². The van der Waals surface area contributed by atoms with E-state index in [4.69, 9.17) is 9.47 Å². The summed E-state index contributed by atoms with van der Waals surface area (Å²) in [6.45, 7) is 3.72. The first-order valence-electron chi connectivity index (χ1n) is 7.02. The number of benzene rings is 1. The Morgan fingerprint density at radius 2 is 1.17 bits per heavy atom. The Morgan fingerprint density at radius 3 is 1.52 bits per heavy atom. The van der Waals surface area contributed by atoms with Gasteiger partial charge in [-0.2, -0.15) is 26.3 Å². The summed E-state index contributed by atoms with van der Waals surface area (Å²) in [5, 5.41) is 0. The van der Waals surface area contributed by atoms with Crippen LogP contribution in [-0.4, -0.2) is 25.4 Å². The smallest absolute Gasteiger partial charge is 0.375 e. The van der Waals surface area contributed by atoms with Crippen LogP contribution < -0.4 is 0 Å². The lowest BCUT2D eigenvalue weighted by molar-refractivity contribution is -0.143. The molecule has 2 atom stereocenters. The molecule has 1 heterocycles. The minimum absolute atomic E-state index is 0.0888. The van der Waals surface area contributed by atoms with Crippen LogP contribution in [0.3, 0.4) is 0 Å². The lowest BCUT2D eigenvalue weighted by Crippen LogP contribution is -2.27. The van der Waals surface area contributed by atoms with Crippen LogP contribution in [0.1, 0.15) is 36.5 Å². The molecular weight excluding hydrogens is 326 g/mol. The fourth-order valence-corrected chi connectivity index (χ4v) is 2.77. The maximum Gasteiger partial charge on any atom is 0.416 e. The van der Waals surface area contributed by atoms with E-state index in [2.05, 4.69) is 0 Å². The average Bonchev–Trinajstić information content (AvgIpc) is 2.57. The third-order valence-electron chi connectivity index (χ3n) is 3.85. The van der Waals surface area contributed by atoms with Gasteiger partial charge in [0.15, 0.2) is 0 Å². The molecule has 2 nitrogen and oxygen atoms in total. The van der Waals surface area contributed by atoms with Gasteiger partial charge in [0.1, 0.15) is 0 Å². The molecule has 0 spiro atoms. The average molecular weight is 342 g/mol. The normalized spacial score (nSPS) is 26.9. The summed E-state index contributed by atoms with van der Waals surface area (Å²) in [5.41, 5.74) is -2.74. The number of rotatable bonds is 1. The first-order valence-corrected chi connectivity index (χ1v) is 7.02. The van der Waals surface area contributed by atoms with E-state index in [1.165, 1.54) is 0 Å². The second kappa shape index (κ2) is 6.32. The van der Waals surface area contributed by atoms with Crippen molar-refractivity contribution in [1.82, 2.24) is 0 Å². The van der Waals surface area contributed by atoms with Crippen molar-refractivity contribution in [3.05, 3.63) is 34.9 Å². The molecule has 0 aromatic heterocycles. The minimum Gasteiger partial charge on any atom is -0.375 e. The van der Waals surface area contributed by atoms with E-state index in [0.717, 1.165) is 12.1 Å². The molecule has 1 saturated heterocycles. The highest BCUT2D eigenvalue weighted by atomic mass is 19.4. The largest absolute Gasteiger partial charge is 0.416 e. The lowest BCUT2D eigenvalue weighted by Gasteiger charge is -2.27. The molecule has 0 saturated carbocycles. The Labute approximate surface area is 129 Å². The van der Waals surface area contributed by atoms with E-state index in [-0.39, 0.29) is 24.8 Å². The molecule has 1 aliphatic rings. The van der Waals surface area contributed by atoms with Gasteiger partial charge in [-0.1, -0.05) is 0 Å². The Morgan fingerprint density at radius 1 is 0.783 bits per heavy atom. The van der Waals surface area contributed by atoms with Crippen molar-refractivity contribution in [3.8, 4) is 0 Å². The first kappa shape index (κ1) is 18.1. The summed E-state index contributed by atoms with van der Waals surface area (Å²) >= 11 is 0. The van der Waals surface area contributed by atoms with E-state index in [9.17, 15) is 26.3 Å². The Kier molecular flexibility index (Phi) is 4.96. The van der Waals surface area contributed by atoms with Crippen molar-refractivity contribution in [3.63, 3.8) is 0 Å². The van der Waals surface area contributed by atoms with Crippen LogP contribution in [0.25, 0.3) is 0 Å². The van der Waals surface area contributed by atoms with Gasteiger partial charge in [-0.15, -0.1) is 0 Å². The van der Waals surface area contributed by atoms with Crippen LogP contribution in [0, 0.1) is 0 Å². The van der Waals surface area contributed by atoms with Crippen LogP contribution in [0.5, 0.6) is 0 Å². The van der Waals surface area contributed by atoms with E-state index in [0.29, 0.717) is 0 Å². The van der Waals surface area contributed by atoms with Gasteiger partial charge < -0.3 is 9.47 Å². The summed E-state index contributed by atoms with van der Waals surface area (Å²) in [4.78, 5) is 0. The molecule has 0 bridgehead atoms. The number of hydrogen-bond acceptors (Lipinski definition) is 2. The van der Waals surface area contributed by atoms with E-state index in [1.54, 1.807) is 13.8 Å². The van der Waals surface area contributed by atoms with Crippen LogP contribution in [0.15, 0.2) is 18.2 Å². The summed E-state index contributed by atoms with van der Waals surface area (Å²) in [6.07, 6.45) is -10.8. The molecule has 130 valence electrons. The van der Waals surface area contributed by atoms with Gasteiger partial charge in [0.2, 0.25) is 0 Å². The highest BCUT2D eigenvalue weighted by Gasteiger charge is 2.39. The topological polar surface area (TPSA) is 18.5 Å². The highest BCUT2D eigenvalue weighted by molar-refractivity contribution is 5.36. The first-order chi connectivity index (χ1) is 10.5. The molecule has 0 radical (unpaired) electrons. The van der Waals surface area contributed by atoms with Crippen molar-refractivity contribution in [2.45, 2.75) is 44.3 Å². The van der Waals surface area contributed by atoms with Gasteiger partial charge in [0.05, 0.1) is 36.5 Å². The summed E-state index contributed by atoms with van der Waals surface area (Å²) in [6, 6.07) is 1.60. The molecule has 1 fully saturated rings. The van der Waals surface area contributed by atoms with Gasteiger partial charge >= 0.3 is 12.4 Å². The monoisotopic (exact) mass is 342 g/mol. The summed E-state index contributed by atoms with van der Waals surface area (Å²) in [7, 11) is 0. The van der Waals surface area contributed by atoms with Crippen molar-refractivity contribution >= 4 is 0 Å². The molecule has 1 aliphatic heterocycles. The van der Waals surface area contributed by atoms with Crippen molar-refractivity contribution in [2.24, 2.45) is 0 Å². The molecule has 0 aliphatic carbocycles. The predicted octanol–water partition coefficient (Wildman–Crippen LogP) is 4.63. The fourth-order valence-electron chi connectivity index (χ4n) is 2.77. The number of halogens is 6. The third-order valence-corrected chi connectivity index (χ3v) is 3.85. The lowest BCUT2D eigenvalue weighted by atomic mass is 9.87. The predicted molar refractivity (Wildman–Crippen MR) is 70.0 cm³/mol. The third kappa shape index (κ3) is 4.17. The summed E-state index contributed by atoms with van der Waals surface area (Å²) in [5.74, 6) is -0.721. The zero-order valence-electron chi connectivity index (χ0n) is 12.5. The Hall–Kier alpha value is -1.28. The van der Waals surface area contributed by atoms with Crippen LogP contribution in [0.2, 0.25) is 0 Å². The second-order valence-corrected chi connectivity index (χ2v) is 5.52. The van der Waals surface area contributed by atoms with Crippen molar-refractivity contribution < 1.29 is 35.8 Å².